The van der Waals surface area contributed by atoms with Crippen LogP contribution in [0.15, 0.2) is 48.5 Å². The van der Waals surface area contributed by atoms with Gasteiger partial charge in [-0.05, 0) is 89.1 Å². The maximum absolute atomic E-state index is 11.3. The molecule has 8 nitrogen and oxygen atoms in total. The zero-order valence-corrected chi connectivity index (χ0v) is 21.5. The predicted molar refractivity (Wildman–Crippen MR) is 142 cm³/mol. The van der Waals surface area contributed by atoms with Crippen LogP contribution in [0.3, 0.4) is 0 Å². The van der Waals surface area contributed by atoms with Gasteiger partial charge in [0.2, 0.25) is 0 Å². The van der Waals surface area contributed by atoms with Crippen LogP contribution < -0.4 is 32.3 Å². The molecule has 0 bridgehead atoms. The van der Waals surface area contributed by atoms with Crippen molar-refractivity contribution in [3.05, 3.63) is 59.7 Å². The Hall–Kier alpha value is -3.10. The second-order valence-electron chi connectivity index (χ2n) is 8.62. The van der Waals surface area contributed by atoms with Gasteiger partial charge in [0.1, 0.15) is 0 Å². The van der Waals surface area contributed by atoms with E-state index in [4.69, 9.17) is 11.7 Å². The smallest absolute Gasteiger partial charge is 0.265 e. The van der Waals surface area contributed by atoms with E-state index in [1.165, 1.54) is 0 Å². The third kappa shape index (κ3) is 8.68. The highest BCUT2D eigenvalue weighted by Gasteiger charge is 2.14. The second-order valence-corrected chi connectivity index (χ2v) is 8.62. The lowest BCUT2D eigenvalue weighted by molar-refractivity contribution is 0.0945. The molecule has 2 aromatic carbocycles. The summed E-state index contributed by atoms with van der Waals surface area (Å²) in [4.78, 5) is 27.2. The van der Waals surface area contributed by atoms with Gasteiger partial charge in [0, 0.05) is 47.7 Å². The summed E-state index contributed by atoms with van der Waals surface area (Å²) in [7, 11) is 0. The number of benzene rings is 2. The number of hydrogen-bond acceptors (Lipinski definition) is 6. The molecule has 2 amide bonds. The molecule has 0 saturated carbocycles. The number of nitrogens with one attached hydrogen (secondary N) is 2. The zero-order valence-electron chi connectivity index (χ0n) is 21.5. The summed E-state index contributed by atoms with van der Waals surface area (Å²) in [6.07, 6.45) is 2.23. The van der Waals surface area contributed by atoms with E-state index in [1.54, 1.807) is 24.3 Å². The maximum Gasteiger partial charge on any atom is 0.265 e. The fourth-order valence-electron chi connectivity index (χ4n) is 3.88. The van der Waals surface area contributed by atoms with Crippen LogP contribution in [0.1, 0.15) is 75.1 Å². The molecule has 0 fully saturated rings. The SMILES string of the molecule is CC(C)N(c1ccc(C(=O)NN)cc1)C(C)C.CCCN(CCC)c1ccc(C(=O)NN)cc1. The lowest BCUT2D eigenvalue weighted by Crippen LogP contribution is -2.37. The van der Waals surface area contributed by atoms with Crippen LogP contribution in [-0.2, 0) is 0 Å². The summed E-state index contributed by atoms with van der Waals surface area (Å²) in [5, 5.41) is 0. The molecule has 0 spiro atoms. The van der Waals surface area contributed by atoms with Crippen molar-refractivity contribution in [2.45, 2.75) is 66.5 Å². The van der Waals surface area contributed by atoms with Gasteiger partial charge >= 0.3 is 0 Å². The normalized spacial score (nSPS) is 10.4. The molecule has 0 aliphatic heterocycles. The van der Waals surface area contributed by atoms with Crippen molar-refractivity contribution in [3.63, 3.8) is 0 Å². The molecule has 0 aliphatic rings. The van der Waals surface area contributed by atoms with Crippen LogP contribution in [0.2, 0.25) is 0 Å². The third-order valence-corrected chi connectivity index (χ3v) is 5.28. The molecule has 2 rings (SSSR count). The molecule has 0 heterocycles. The van der Waals surface area contributed by atoms with Crippen molar-refractivity contribution < 1.29 is 9.59 Å². The molecule has 34 heavy (non-hydrogen) atoms. The lowest BCUT2D eigenvalue weighted by Gasteiger charge is -2.33. The minimum atomic E-state index is -0.266. The molecular weight excluding hydrogens is 428 g/mol. The van der Waals surface area contributed by atoms with Gasteiger partial charge in [0.25, 0.3) is 11.8 Å². The van der Waals surface area contributed by atoms with Crippen LogP contribution >= 0.6 is 0 Å². The van der Waals surface area contributed by atoms with Gasteiger partial charge in [-0.1, -0.05) is 13.8 Å². The summed E-state index contributed by atoms with van der Waals surface area (Å²) < 4.78 is 0. The topological polar surface area (TPSA) is 117 Å². The highest BCUT2D eigenvalue weighted by Crippen LogP contribution is 2.20. The fraction of sp³-hybridized carbons (Fsp3) is 0.462. The Bertz CT molecular complexity index is 852. The number of anilines is 2. The molecule has 0 radical (unpaired) electrons. The Morgan fingerprint density at radius 3 is 1.35 bits per heavy atom. The number of nitrogens with zero attached hydrogens (tertiary/aromatic N) is 2. The van der Waals surface area contributed by atoms with Crippen molar-refractivity contribution in [3.8, 4) is 0 Å². The number of hydrogen-bond donors (Lipinski definition) is 4. The molecule has 0 atom stereocenters. The van der Waals surface area contributed by atoms with Gasteiger partial charge < -0.3 is 9.80 Å². The van der Waals surface area contributed by atoms with Crippen molar-refractivity contribution >= 4 is 23.2 Å². The highest BCUT2D eigenvalue weighted by atomic mass is 16.2. The maximum atomic E-state index is 11.3. The monoisotopic (exact) mass is 470 g/mol. The number of nitrogens with two attached hydrogens (primary N) is 2. The summed E-state index contributed by atoms with van der Waals surface area (Å²) in [6.45, 7) is 15.0. The van der Waals surface area contributed by atoms with E-state index >= 15 is 0 Å². The summed E-state index contributed by atoms with van der Waals surface area (Å²) in [5.74, 6) is 9.65. The number of hydrazine groups is 2. The van der Waals surface area contributed by atoms with E-state index in [1.807, 2.05) is 24.3 Å². The van der Waals surface area contributed by atoms with Crippen LogP contribution in [0.5, 0.6) is 0 Å². The van der Waals surface area contributed by atoms with E-state index in [0.717, 1.165) is 37.3 Å². The first-order chi connectivity index (χ1) is 16.2. The van der Waals surface area contributed by atoms with Gasteiger partial charge in [-0.2, -0.15) is 0 Å². The number of carbonyl (C=O) groups is 2. The average Bonchev–Trinajstić information content (AvgIpc) is 2.83. The quantitative estimate of drug-likeness (QED) is 0.238. The Morgan fingerprint density at radius 1 is 0.706 bits per heavy atom. The highest BCUT2D eigenvalue weighted by molar-refractivity contribution is 5.94. The molecule has 0 aromatic heterocycles. The largest absolute Gasteiger partial charge is 0.372 e. The lowest BCUT2D eigenvalue weighted by atomic mass is 10.1. The van der Waals surface area contributed by atoms with E-state index < -0.39 is 0 Å². The number of amides is 2. The molecule has 0 saturated heterocycles. The van der Waals surface area contributed by atoms with Gasteiger partial charge in [0.15, 0.2) is 0 Å². The van der Waals surface area contributed by atoms with Crippen LogP contribution in [0.25, 0.3) is 0 Å². The second kappa shape index (κ2) is 14.9. The first-order valence-corrected chi connectivity index (χ1v) is 11.9. The van der Waals surface area contributed by atoms with Gasteiger partial charge in [-0.3, -0.25) is 20.4 Å². The van der Waals surface area contributed by atoms with E-state index in [2.05, 4.69) is 62.2 Å². The fourth-order valence-corrected chi connectivity index (χ4v) is 3.88. The summed E-state index contributed by atoms with van der Waals surface area (Å²) in [6, 6.07) is 15.9. The Kier molecular flexibility index (Phi) is 12.7. The molecular formula is C26H42N6O2. The molecule has 0 unspecified atom stereocenters. The Balaban J connectivity index is 0.000000340. The molecule has 188 valence electrons. The standard InChI is InChI=1S/2C13H21N3O/c1-9(2)16(10(3)4)12-7-5-11(6-8-12)13(17)15-14;1-3-9-16(10-4-2)12-7-5-11(6-8-12)13(17)15-14/h5-10H,14H2,1-4H3,(H,15,17);5-8H,3-4,9-10,14H2,1-2H3,(H,15,17). The zero-order chi connectivity index (χ0) is 25.7. The first-order valence-electron chi connectivity index (χ1n) is 11.9. The van der Waals surface area contributed by atoms with Gasteiger partial charge in [-0.15, -0.1) is 0 Å². The van der Waals surface area contributed by atoms with Gasteiger partial charge in [-0.25, -0.2) is 11.7 Å². The Morgan fingerprint density at radius 2 is 1.06 bits per heavy atom. The number of carbonyl (C=O) groups excluding carboxylic acids is 2. The van der Waals surface area contributed by atoms with Gasteiger partial charge in [0.05, 0.1) is 0 Å². The first kappa shape index (κ1) is 28.9. The third-order valence-electron chi connectivity index (χ3n) is 5.28. The molecule has 8 heteroatoms. The summed E-state index contributed by atoms with van der Waals surface area (Å²) in [5.41, 5.74) is 7.68. The van der Waals surface area contributed by atoms with Crippen molar-refractivity contribution in [2.75, 3.05) is 22.9 Å². The predicted octanol–water partition coefficient (Wildman–Crippen LogP) is 3.83. The Labute approximate surface area is 204 Å². The van der Waals surface area contributed by atoms with Crippen LogP contribution in [0, 0.1) is 0 Å². The molecule has 2 aromatic rings. The van der Waals surface area contributed by atoms with Crippen LogP contribution in [-0.4, -0.2) is 37.0 Å². The minimum Gasteiger partial charge on any atom is -0.372 e. The van der Waals surface area contributed by atoms with E-state index in [-0.39, 0.29) is 11.8 Å². The van der Waals surface area contributed by atoms with E-state index in [9.17, 15) is 9.59 Å². The van der Waals surface area contributed by atoms with Crippen molar-refractivity contribution in [1.82, 2.24) is 10.9 Å². The van der Waals surface area contributed by atoms with Crippen LogP contribution in [0.4, 0.5) is 11.4 Å². The molecule has 0 aliphatic carbocycles. The average molecular weight is 471 g/mol. The number of rotatable bonds is 10. The molecule has 6 N–H and O–H groups in total. The number of nitrogen functional groups attached to an aromatic ring is 2. The summed E-state index contributed by atoms with van der Waals surface area (Å²) >= 11 is 0. The van der Waals surface area contributed by atoms with Crippen molar-refractivity contribution in [2.24, 2.45) is 11.7 Å². The van der Waals surface area contributed by atoms with Crippen molar-refractivity contribution in [1.29, 1.82) is 0 Å². The minimum absolute atomic E-state index is 0.255. The van der Waals surface area contributed by atoms with E-state index in [0.29, 0.717) is 23.2 Å².